The lowest BCUT2D eigenvalue weighted by Gasteiger charge is -2.10. The number of hydrogen-bond donors (Lipinski definition) is 0. The van der Waals surface area contributed by atoms with Crippen LogP contribution in [-0.2, 0) is 9.53 Å². The molecule has 0 saturated carbocycles. The van der Waals surface area contributed by atoms with Crippen molar-refractivity contribution in [2.24, 2.45) is 5.92 Å². The van der Waals surface area contributed by atoms with Gasteiger partial charge in [0.1, 0.15) is 5.75 Å². The number of carbonyl (C=O) groups excluding carboxylic acids is 3. The average molecular weight is 360 g/mol. The van der Waals surface area contributed by atoms with Crippen molar-refractivity contribution in [2.45, 2.75) is 65.4 Å². The van der Waals surface area contributed by atoms with Gasteiger partial charge < -0.3 is 9.47 Å². The lowest BCUT2D eigenvalue weighted by atomic mass is 10.1. The monoisotopic (exact) mass is 360 g/mol. The summed E-state index contributed by atoms with van der Waals surface area (Å²) in [6.07, 6.45) is 5.68. The van der Waals surface area contributed by atoms with Gasteiger partial charge in [0, 0.05) is 11.1 Å². The predicted octanol–water partition coefficient (Wildman–Crippen LogP) is 4.37. The number of ether oxygens (including phenoxy) is 2. The minimum Gasteiger partial charge on any atom is -0.494 e. The van der Waals surface area contributed by atoms with Gasteiger partial charge in [-0.05, 0) is 24.6 Å². The molecule has 0 radical (unpaired) electrons. The highest BCUT2D eigenvalue weighted by molar-refractivity contribution is 6.29. The molecule has 1 aromatic rings. The van der Waals surface area contributed by atoms with Crippen molar-refractivity contribution in [1.82, 2.24) is 0 Å². The molecule has 0 amide bonds. The molecule has 1 aliphatic rings. The number of rotatable bonds is 10. The van der Waals surface area contributed by atoms with Gasteiger partial charge in [0.2, 0.25) is 17.7 Å². The van der Waals surface area contributed by atoms with E-state index in [1.165, 1.54) is 25.7 Å². The van der Waals surface area contributed by atoms with Crippen LogP contribution in [0.3, 0.4) is 0 Å². The molecule has 0 aromatic heterocycles. The van der Waals surface area contributed by atoms with Crippen LogP contribution in [-0.4, -0.2) is 30.2 Å². The fraction of sp³-hybridized carbons (Fsp3) is 0.571. The van der Waals surface area contributed by atoms with Gasteiger partial charge in [0.05, 0.1) is 12.5 Å². The minimum atomic E-state index is -1.35. The van der Waals surface area contributed by atoms with Crippen molar-refractivity contribution < 1.29 is 23.9 Å². The van der Waals surface area contributed by atoms with Crippen molar-refractivity contribution in [1.29, 1.82) is 0 Å². The Bertz CT molecular complexity index is 662. The molecule has 0 aliphatic heterocycles. The Morgan fingerprint density at radius 3 is 2.35 bits per heavy atom. The van der Waals surface area contributed by atoms with E-state index in [0.29, 0.717) is 17.9 Å². The average Bonchev–Trinajstić information content (AvgIpc) is 2.85. The number of fused-ring (bicyclic) bond motifs is 1. The normalized spacial score (nSPS) is 16.1. The number of ketones is 2. The van der Waals surface area contributed by atoms with Gasteiger partial charge in [-0.15, -0.1) is 0 Å². The fourth-order valence-electron chi connectivity index (χ4n) is 2.87. The topological polar surface area (TPSA) is 69.7 Å². The molecule has 0 N–H and O–H groups in total. The molecule has 0 heterocycles. The van der Waals surface area contributed by atoms with E-state index in [4.69, 9.17) is 9.47 Å². The third-order valence-electron chi connectivity index (χ3n) is 4.47. The first-order valence-corrected chi connectivity index (χ1v) is 9.51. The summed E-state index contributed by atoms with van der Waals surface area (Å²) in [5.74, 6) is -1.31. The van der Waals surface area contributed by atoms with Gasteiger partial charge in [0.15, 0.2) is 0 Å². The molecule has 1 atom stereocenters. The van der Waals surface area contributed by atoms with E-state index in [1.54, 1.807) is 32.0 Å². The Balaban J connectivity index is 1.91. The van der Waals surface area contributed by atoms with Crippen LogP contribution in [0, 0.1) is 5.92 Å². The Morgan fingerprint density at radius 1 is 1.00 bits per heavy atom. The van der Waals surface area contributed by atoms with Gasteiger partial charge in [0.25, 0.3) is 0 Å². The Morgan fingerprint density at radius 2 is 1.65 bits per heavy atom. The van der Waals surface area contributed by atoms with Crippen LogP contribution in [0.2, 0.25) is 0 Å². The number of carbonyl (C=O) groups is 3. The van der Waals surface area contributed by atoms with E-state index >= 15 is 0 Å². The second-order valence-electron chi connectivity index (χ2n) is 7.02. The first-order valence-electron chi connectivity index (χ1n) is 9.51. The summed E-state index contributed by atoms with van der Waals surface area (Å²) in [7, 11) is 0. The summed E-state index contributed by atoms with van der Waals surface area (Å²) in [5.41, 5.74) is 0.570. The zero-order chi connectivity index (χ0) is 19.1. The van der Waals surface area contributed by atoms with E-state index in [0.717, 1.165) is 12.8 Å². The highest BCUT2D eigenvalue weighted by Gasteiger charge is 2.42. The zero-order valence-corrected chi connectivity index (χ0v) is 15.9. The quantitative estimate of drug-likeness (QED) is 0.352. The van der Waals surface area contributed by atoms with Crippen LogP contribution in [0.1, 0.15) is 80.0 Å². The fourth-order valence-corrected chi connectivity index (χ4v) is 2.87. The lowest BCUT2D eigenvalue weighted by molar-refractivity contribution is -0.148. The maximum Gasteiger partial charge on any atom is 0.309 e. The first-order chi connectivity index (χ1) is 12.5. The number of hydrogen-bond acceptors (Lipinski definition) is 5. The van der Waals surface area contributed by atoms with Crippen LogP contribution < -0.4 is 4.74 Å². The highest BCUT2D eigenvalue weighted by atomic mass is 16.6. The Labute approximate surface area is 155 Å². The summed E-state index contributed by atoms with van der Waals surface area (Å²) in [6, 6.07) is 4.85. The number of benzene rings is 1. The van der Waals surface area contributed by atoms with E-state index in [1.807, 2.05) is 0 Å². The van der Waals surface area contributed by atoms with Gasteiger partial charge in [-0.3, -0.25) is 14.4 Å². The molecule has 0 bridgehead atoms. The third kappa shape index (κ3) is 4.93. The molecule has 2 rings (SSSR count). The molecule has 0 fully saturated rings. The van der Waals surface area contributed by atoms with Gasteiger partial charge in [-0.2, -0.15) is 0 Å². The summed E-state index contributed by atoms with van der Waals surface area (Å²) < 4.78 is 10.8. The molecule has 5 heteroatoms. The molecule has 26 heavy (non-hydrogen) atoms. The number of esters is 1. The molecular weight excluding hydrogens is 332 g/mol. The number of unbranched alkanes of at least 4 members (excludes halogenated alkanes) is 5. The van der Waals surface area contributed by atoms with Gasteiger partial charge in [-0.25, -0.2) is 0 Å². The predicted molar refractivity (Wildman–Crippen MR) is 98.7 cm³/mol. The van der Waals surface area contributed by atoms with Gasteiger partial charge >= 0.3 is 5.97 Å². The summed E-state index contributed by atoms with van der Waals surface area (Å²) in [6.45, 7) is 6.09. The van der Waals surface area contributed by atoms with Gasteiger partial charge in [-0.1, -0.05) is 52.9 Å². The molecule has 5 nitrogen and oxygen atoms in total. The van der Waals surface area contributed by atoms with Crippen LogP contribution >= 0.6 is 0 Å². The highest BCUT2D eigenvalue weighted by Crippen LogP contribution is 2.28. The smallest absolute Gasteiger partial charge is 0.309 e. The second-order valence-corrected chi connectivity index (χ2v) is 7.02. The summed E-state index contributed by atoms with van der Waals surface area (Å²) >= 11 is 0. The molecule has 1 aliphatic carbocycles. The molecule has 1 aromatic carbocycles. The zero-order valence-electron chi connectivity index (χ0n) is 15.9. The first kappa shape index (κ1) is 20.1. The largest absolute Gasteiger partial charge is 0.494 e. The van der Waals surface area contributed by atoms with Crippen molar-refractivity contribution in [3.8, 4) is 5.75 Å². The molecule has 0 saturated heterocycles. The molecule has 0 spiro atoms. The minimum absolute atomic E-state index is 0.275. The second kappa shape index (κ2) is 9.51. The maximum absolute atomic E-state index is 12.4. The van der Waals surface area contributed by atoms with Crippen molar-refractivity contribution in [3.63, 3.8) is 0 Å². The van der Waals surface area contributed by atoms with Crippen molar-refractivity contribution in [2.75, 3.05) is 6.61 Å². The van der Waals surface area contributed by atoms with E-state index in [2.05, 4.69) is 6.92 Å². The van der Waals surface area contributed by atoms with E-state index in [9.17, 15) is 14.4 Å². The maximum atomic E-state index is 12.4. The Hall–Kier alpha value is -2.17. The van der Waals surface area contributed by atoms with Crippen LogP contribution in [0.4, 0.5) is 0 Å². The van der Waals surface area contributed by atoms with Crippen LogP contribution in [0.15, 0.2) is 18.2 Å². The third-order valence-corrected chi connectivity index (χ3v) is 4.47. The SMILES string of the molecule is CCCCCCCCOc1ccc2c(c1)C(=O)C(OC(=O)C(C)C)C2=O. The summed E-state index contributed by atoms with van der Waals surface area (Å²) in [5, 5.41) is 0. The van der Waals surface area contributed by atoms with E-state index < -0.39 is 29.6 Å². The lowest BCUT2D eigenvalue weighted by Crippen LogP contribution is -2.30. The van der Waals surface area contributed by atoms with Crippen molar-refractivity contribution >= 4 is 17.5 Å². The van der Waals surface area contributed by atoms with Crippen molar-refractivity contribution in [3.05, 3.63) is 29.3 Å². The molecular formula is C21H28O5. The molecule has 1 unspecified atom stereocenters. The van der Waals surface area contributed by atoms with E-state index in [-0.39, 0.29) is 5.56 Å². The van der Waals surface area contributed by atoms with Crippen LogP contribution in [0.25, 0.3) is 0 Å². The number of Topliss-reactive ketones (excluding diaryl/α,β-unsaturated/α-hetero) is 2. The van der Waals surface area contributed by atoms with Crippen LogP contribution in [0.5, 0.6) is 5.75 Å². The standard InChI is InChI=1S/C21H28O5/c1-4-5-6-7-8-9-12-25-15-10-11-16-17(13-15)19(23)20(18(16)22)26-21(24)14(2)3/h10-11,13-14,20H,4-9,12H2,1-3H3. The molecule has 142 valence electrons. The Kier molecular flexibility index (Phi) is 7.37. The summed E-state index contributed by atoms with van der Waals surface area (Å²) in [4.78, 5) is 36.5.